The number of fused-ring (bicyclic) bond motifs is 1. The average molecular weight is 326 g/mol. The number of aliphatic imine (C=N–C) groups is 1. The highest BCUT2D eigenvalue weighted by atomic mass is 32.1. The molecule has 0 radical (unpaired) electrons. The summed E-state index contributed by atoms with van der Waals surface area (Å²) in [5.74, 6) is 0.449. The Kier molecular flexibility index (Phi) is 4.36. The van der Waals surface area contributed by atoms with Gasteiger partial charge in [0.25, 0.3) is 0 Å². The van der Waals surface area contributed by atoms with Gasteiger partial charge in [0.15, 0.2) is 0 Å². The first-order chi connectivity index (χ1) is 11.1. The van der Waals surface area contributed by atoms with Gasteiger partial charge in [-0.2, -0.15) is 0 Å². The molecule has 3 aromatic heterocycles. The molecule has 0 aliphatic rings. The molecule has 0 amide bonds. The number of aromatic nitrogens is 2. The Balaban J connectivity index is 2.05. The number of hydrogen-bond acceptors (Lipinski definition) is 6. The molecule has 0 fully saturated rings. The Morgan fingerprint density at radius 1 is 1.39 bits per heavy atom. The van der Waals surface area contributed by atoms with E-state index in [0.717, 1.165) is 31.9 Å². The normalized spacial score (nSPS) is 13.0. The minimum Gasteiger partial charge on any atom is -0.388 e. The summed E-state index contributed by atoms with van der Waals surface area (Å²) in [7, 11) is 1.70. The number of nitrogen functional groups attached to an aromatic ring is 1. The van der Waals surface area contributed by atoms with E-state index < -0.39 is 6.10 Å². The van der Waals surface area contributed by atoms with Crippen LogP contribution in [0.1, 0.15) is 29.9 Å². The molecule has 0 saturated heterocycles. The Bertz CT molecular complexity index is 872. The van der Waals surface area contributed by atoms with Crippen molar-refractivity contribution < 1.29 is 5.11 Å². The molecule has 6 heteroatoms. The molecule has 1 atom stereocenters. The van der Waals surface area contributed by atoms with Crippen LogP contribution in [0, 0.1) is 0 Å². The quantitative estimate of drug-likeness (QED) is 0.719. The maximum Gasteiger partial charge on any atom is 0.132 e. The largest absolute Gasteiger partial charge is 0.388 e. The van der Waals surface area contributed by atoms with Gasteiger partial charge in [0, 0.05) is 40.8 Å². The first-order valence-electron chi connectivity index (χ1n) is 7.39. The molecule has 3 aromatic rings. The van der Waals surface area contributed by atoms with Crippen LogP contribution in [-0.2, 0) is 0 Å². The predicted octanol–water partition coefficient (Wildman–Crippen LogP) is 3.43. The molecule has 23 heavy (non-hydrogen) atoms. The first-order valence-corrected chi connectivity index (χ1v) is 8.20. The number of nitrogens with two attached hydrogens (primary N) is 1. The highest BCUT2D eigenvalue weighted by molar-refractivity contribution is 7.18. The van der Waals surface area contributed by atoms with Gasteiger partial charge < -0.3 is 10.8 Å². The summed E-state index contributed by atoms with van der Waals surface area (Å²) in [6.07, 6.45) is 3.67. The SMILES string of the molecule is CCC(O)c1cc2ccc(-c3cnc(N)c(C=NC)c3)nc2s1. The highest BCUT2D eigenvalue weighted by Gasteiger charge is 2.12. The summed E-state index contributed by atoms with van der Waals surface area (Å²) in [6.45, 7) is 1.96. The van der Waals surface area contributed by atoms with E-state index in [1.807, 2.05) is 31.2 Å². The van der Waals surface area contributed by atoms with Gasteiger partial charge in [-0.1, -0.05) is 6.92 Å². The predicted molar refractivity (Wildman–Crippen MR) is 96.0 cm³/mol. The zero-order valence-corrected chi connectivity index (χ0v) is 13.8. The Morgan fingerprint density at radius 2 is 2.22 bits per heavy atom. The monoisotopic (exact) mass is 326 g/mol. The Morgan fingerprint density at radius 3 is 2.96 bits per heavy atom. The lowest BCUT2D eigenvalue weighted by atomic mass is 10.1. The molecule has 0 saturated carbocycles. The van der Waals surface area contributed by atoms with Crippen LogP contribution in [0.3, 0.4) is 0 Å². The minimum atomic E-state index is -0.428. The van der Waals surface area contributed by atoms with Gasteiger partial charge in [-0.05, 0) is 30.7 Å². The number of nitrogens with zero attached hydrogens (tertiary/aromatic N) is 3. The van der Waals surface area contributed by atoms with Crippen molar-refractivity contribution in [2.45, 2.75) is 19.4 Å². The zero-order chi connectivity index (χ0) is 16.4. The van der Waals surface area contributed by atoms with Crippen molar-refractivity contribution in [3.63, 3.8) is 0 Å². The van der Waals surface area contributed by atoms with Gasteiger partial charge in [0.2, 0.25) is 0 Å². The summed E-state index contributed by atoms with van der Waals surface area (Å²) in [5, 5.41) is 11.0. The number of thiophene rings is 1. The summed E-state index contributed by atoms with van der Waals surface area (Å²) in [5.41, 5.74) is 8.35. The van der Waals surface area contributed by atoms with E-state index in [-0.39, 0.29) is 0 Å². The van der Waals surface area contributed by atoms with Gasteiger partial charge in [-0.25, -0.2) is 9.97 Å². The third-order valence-electron chi connectivity index (χ3n) is 3.63. The number of aliphatic hydroxyl groups is 1. The van der Waals surface area contributed by atoms with Crippen LogP contribution in [0.25, 0.3) is 21.5 Å². The molecule has 1 unspecified atom stereocenters. The fraction of sp³-hybridized carbons (Fsp3) is 0.235. The van der Waals surface area contributed by atoms with Crippen molar-refractivity contribution >= 4 is 33.6 Å². The standard InChI is InChI=1S/C17H18N4OS/c1-3-14(22)15-7-10-4-5-13(21-17(10)23-15)11-6-12(8-19-2)16(18)20-9-11/h4-9,14,22H,3H2,1-2H3,(H2,18,20). The third kappa shape index (κ3) is 3.09. The topological polar surface area (TPSA) is 84.4 Å². The van der Waals surface area contributed by atoms with E-state index in [1.165, 1.54) is 11.3 Å². The summed E-state index contributed by atoms with van der Waals surface area (Å²) < 4.78 is 0. The number of pyridine rings is 2. The lowest BCUT2D eigenvalue weighted by molar-refractivity contribution is 0.177. The van der Waals surface area contributed by atoms with Crippen molar-refractivity contribution in [3.8, 4) is 11.3 Å². The van der Waals surface area contributed by atoms with E-state index in [1.54, 1.807) is 19.5 Å². The molecule has 0 bridgehead atoms. The van der Waals surface area contributed by atoms with E-state index in [4.69, 9.17) is 10.7 Å². The maximum atomic E-state index is 9.99. The van der Waals surface area contributed by atoms with Crippen LogP contribution in [0.5, 0.6) is 0 Å². The average Bonchev–Trinajstić information content (AvgIpc) is 2.99. The molecular weight excluding hydrogens is 308 g/mol. The van der Waals surface area contributed by atoms with Crippen LogP contribution in [0.15, 0.2) is 35.5 Å². The zero-order valence-electron chi connectivity index (χ0n) is 13.0. The molecule has 5 nitrogen and oxygen atoms in total. The maximum absolute atomic E-state index is 9.99. The van der Waals surface area contributed by atoms with Crippen molar-refractivity contribution in [1.29, 1.82) is 0 Å². The Labute approximate surface area is 138 Å². The molecule has 3 rings (SSSR count). The molecular formula is C17H18N4OS. The van der Waals surface area contributed by atoms with Crippen LogP contribution < -0.4 is 5.73 Å². The van der Waals surface area contributed by atoms with Gasteiger partial charge in [-0.15, -0.1) is 11.3 Å². The summed E-state index contributed by atoms with van der Waals surface area (Å²) >= 11 is 1.52. The van der Waals surface area contributed by atoms with Crippen LogP contribution in [0.4, 0.5) is 5.82 Å². The van der Waals surface area contributed by atoms with Gasteiger partial charge in [0.05, 0.1) is 11.8 Å². The summed E-state index contributed by atoms with van der Waals surface area (Å²) in [6, 6.07) is 7.90. The smallest absolute Gasteiger partial charge is 0.132 e. The lowest BCUT2D eigenvalue weighted by Crippen LogP contribution is -1.98. The molecule has 0 spiro atoms. The van der Waals surface area contributed by atoms with Gasteiger partial charge in [-0.3, -0.25) is 4.99 Å². The van der Waals surface area contributed by atoms with Crippen LogP contribution in [0.2, 0.25) is 0 Å². The number of anilines is 1. The highest BCUT2D eigenvalue weighted by Crippen LogP contribution is 2.32. The molecule has 0 aliphatic carbocycles. The van der Waals surface area contributed by atoms with Crippen molar-refractivity contribution in [3.05, 3.63) is 40.9 Å². The van der Waals surface area contributed by atoms with Crippen molar-refractivity contribution in [2.75, 3.05) is 12.8 Å². The van der Waals surface area contributed by atoms with Crippen molar-refractivity contribution in [1.82, 2.24) is 9.97 Å². The number of rotatable bonds is 4. The van der Waals surface area contributed by atoms with Crippen LogP contribution in [-0.4, -0.2) is 28.3 Å². The molecule has 0 aromatic carbocycles. The first kappa shape index (κ1) is 15.6. The Hall–Kier alpha value is -2.31. The fourth-order valence-corrected chi connectivity index (χ4v) is 3.44. The van der Waals surface area contributed by atoms with Crippen LogP contribution >= 0.6 is 11.3 Å². The van der Waals surface area contributed by atoms with Gasteiger partial charge >= 0.3 is 0 Å². The number of hydrogen-bond donors (Lipinski definition) is 2. The van der Waals surface area contributed by atoms with E-state index in [2.05, 4.69) is 9.98 Å². The molecule has 118 valence electrons. The number of aliphatic hydroxyl groups excluding tert-OH is 1. The van der Waals surface area contributed by atoms with E-state index in [9.17, 15) is 5.11 Å². The second kappa shape index (κ2) is 6.44. The fourth-order valence-electron chi connectivity index (χ4n) is 2.34. The second-order valence-corrected chi connectivity index (χ2v) is 6.31. The third-order valence-corrected chi connectivity index (χ3v) is 4.78. The van der Waals surface area contributed by atoms with E-state index in [0.29, 0.717) is 12.2 Å². The minimum absolute atomic E-state index is 0.428. The lowest BCUT2D eigenvalue weighted by Gasteiger charge is -2.04. The molecule has 3 heterocycles. The molecule has 3 N–H and O–H groups in total. The van der Waals surface area contributed by atoms with Gasteiger partial charge in [0.1, 0.15) is 10.6 Å². The summed E-state index contributed by atoms with van der Waals surface area (Å²) in [4.78, 5) is 14.8. The molecule has 0 aliphatic heterocycles. The van der Waals surface area contributed by atoms with Crippen molar-refractivity contribution in [2.24, 2.45) is 4.99 Å². The van der Waals surface area contributed by atoms with E-state index >= 15 is 0 Å². The second-order valence-electron chi connectivity index (χ2n) is 5.25.